The molecule has 0 radical (unpaired) electrons. The van der Waals surface area contributed by atoms with Gasteiger partial charge in [-0.1, -0.05) is 13.8 Å². The molecule has 0 amide bonds. The lowest BCUT2D eigenvalue weighted by atomic mass is 10.0. The highest BCUT2D eigenvalue weighted by Crippen LogP contribution is 2.23. The van der Waals surface area contributed by atoms with Crippen LogP contribution in [0, 0.1) is 27.4 Å². The van der Waals surface area contributed by atoms with Gasteiger partial charge in [-0.3, -0.25) is 10.1 Å². The first kappa shape index (κ1) is 13.9. The average molecular weight is 249 g/mol. The molecule has 6 heteroatoms. The van der Waals surface area contributed by atoms with E-state index in [1.165, 1.54) is 18.2 Å². The summed E-state index contributed by atoms with van der Waals surface area (Å²) < 4.78 is 0. The van der Waals surface area contributed by atoms with Gasteiger partial charge in [0.25, 0.3) is 5.69 Å². The van der Waals surface area contributed by atoms with Crippen molar-refractivity contribution in [3.8, 4) is 6.07 Å². The summed E-state index contributed by atoms with van der Waals surface area (Å²) in [7, 11) is 0. The molecule has 0 aromatic heterocycles. The minimum absolute atomic E-state index is 0.0699. The van der Waals surface area contributed by atoms with Crippen LogP contribution in [-0.4, -0.2) is 22.7 Å². The van der Waals surface area contributed by atoms with Crippen LogP contribution in [-0.2, 0) is 0 Å². The van der Waals surface area contributed by atoms with E-state index in [1.807, 2.05) is 19.9 Å². The quantitative estimate of drug-likeness (QED) is 0.613. The Morgan fingerprint density at radius 1 is 1.56 bits per heavy atom. The Balaban J connectivity index is 3.03. The van der Waals surface area contributed by atoms with Crippen LogP contribution < -0.4 is 5.32 Å². The highest BCUT2D eigenvalue weighted by Gasteiger charge is 2.16. The Morgan fingerprint density at radius 2 is 2.22 bits per heavy atom. The zero-order valence-corrected chi connectivity index (χ0v) is 10.3. The van der Waals surface area contributed by atoms with Gasteiger partial charge in [-0.25, -0.2) is 0 Å². The van der Waals surface area contributed by atoms with Gasteiger partial charge in [0.05, 0.1) is 28.8 Å². The van der Waals surface area contributed by atoms with Gasteiger partial charge < -0.3 is 10.4 Å². The predicted octanol–water partition coefficient (Wildman–Crippen LogP) is 1.90. The molecule has 0 aliphatic heterocycles. The number of nitrogens with zero attached hydrogens (tertiary/aromatic N) is 2. The van der Waals surface area contributed by atoms with Crippen LogP contribution in [0.25, 0.3) is 0 Å². The highest BCUT2D eigenvalue weighted by atomic mass is 16.6. The summed E-state index contributed by atoms with van der Waals surface area (Å²) in [4.78, 5) is 10.1. The molecule has 0 heterocycles. The molecule has 0 aliphatic carbocycles. The maximum Gasteiger partial charge on any atom is 0.270 e. The summed E-state index contributed by atoms with van der Waals surface area (Å²) in [5, 5.41) is 31.8. The van der Waals surface area contributed by atoms with Crippen LogP contribution >= 0.6 is 0 Å². The van der Waals surface area contributed by atoms with Crippen molar-refractivity contribution in [2.75, 3.05) is 11.9 Å². The van der Waals surface area contributed by atoms with E-state index >= 15 is 0 Å². The fourth-order valence-electron chi connectivity index (χ4n) is 1.49. The summed E-state index contributed by atoms with van der Waals surface area (Å²) in [6.45, 7) is 3.80. The van der Waals surface area contributed by atoms with E-state index in [4.69, 9.17) is 5.26 Å². The van der Waals surface area contributed by atoms with E-state index in [1.54, 1.807) is 0 Å². The maximum absolute atomic E-state index is 10.6. The number of nitrogens with one attached hydrogen (secondary N) is 1. The zero-order chi connectivity index (χ0) is 13.7. The third-order valence-electron chi connectivity index (χ3n) is 2.68. The lowest BCUT2D eigenvalue weighted by Gasteiger charge is -2.21. The Kier molecular flexibility index (Phi) is 4.63. The van der Waals surface area contributed by atoms with Crippen molar-refractivity contribution in [2.24, 2.45) is 5.92 Å². The minimum atomic E-state index is -0.545. The molecule has 0 fully saturated rings. The first-order valence-electron chi connectivity index (χ1n) is 5.55. The van der Waals surface area contributed by atoms with Gasteiger partial charge in [-0.2, -0.15) is 5.26 Å². The number of nitro benzene ring substituents is 1. The molecule has 0 saturated heterocycles. The zero-order valence-electron chi connectivity index (χ0n) is 10.3. The second-order valence-corrected chi connectivity index (χ2v) is 4.28. The molecular weight excluding hydrogens is 234 g/mol. The van der Waals surface area contributed by atoms with Gasteiger partial charge in [-0.15, -0.1) is 0 Å². The maximum atomic E-state index is 10.6. The molecule has 6 nitrogen and oxygen atoms in total. The number of hydrogen-bond donors (Lipinski definition) is 2. The number of nitriles is 1. The topological polar surface area (TPSA) is 99.2 Å². The molecule has 1 unspecified atom stereocenters. The van der Waals surface area contributed by atoms with Crippen LogP contribution in [0.3, 0.4) is 0 Å². The normalized spacial score (nSPS) is 11.9. The van der Waals surface area contributed by atoms with Gasteiger partial charge in [0.2, 0.25) is 0 Å². The number of anilines is 1. The molecule has 0 bridgehead atoms. The molecule has 1 aromatic carbocycles. The Morgan fingerprint density at radius 3 is 2.67 bits per heavy atom. The third kappa shape index (κ3) is 3.18. The second-order valence-electron chi connectivity index (χ2n) is 4.28. The fourth-order valence-corrected chi connectivity index (χ4v) is 1.49. The number of aliphatic hydroxyl groups excluding tert-OH is 1. The molecule has 1 rings (SSSR count). The van der Waals surface area contributed by atoms with Crippen molar-refractivity contribution in [1.29, 1.82) is 5.26 Å². The predicted molar refractivity (Wildman–Crippen MR) is 67.1 cm³/mol. The molecule has 0 saturated carbocycles. The number of rotatable bonds is 5. The van der Waals surface area contributed by atoms with E-state index in [2.05, 4.69) is 5.32 Å². The number of aliphatic hydroxyl groups is 1. The average Bonchev–Trinajstić information content (AvgIpc) is 2.35. The van der Waals surface area contributed by atoms with E-state index in [9.17, 15) is 15.2 Å². The van der Waals surface area contributed by atoms with Crippen molar-refractivity contribution in [3.63, 3.8) is 0 Å². The molecule has 1 atom stereocenters. The van der Waals surface area contributed by atoms with Gasteiger partial charge in [0.15, 0.2) is 0 Å². The summed E-state index contributed by atoms with van der Waals surface area (Å²) in [6, 6.07) is 5.75. The monoisotopic (exact) mass is 249 g/mol. The summed E-state index contributed by atoms with van der Waals surface area (Å²) in [5.74, 6) is 0.178. The number of benzene rings is 1. The molecule has 0 aliphatic rings. The van der Waals surface area contributed by atoms with Gasteiger partial charge >= 0.3 is 0 Å². The molecule has 2 N–H and O–H groups in total. The lowest BCUT2D eigenvalue weighted by molar-refractivity contribution is -0.384. The Labute approximate surface area is 105 Å². The molecular formula is C12H15N3O3. The standard InChI is InChI=1S/C12H15N3O3/c1-8(2)12(7-16)14-11-4-3-10(15(17)18)5-9(11)6-13/h3-5,8,12,14,16H,7H2,1-2H3. The van der Waals surface area contributed by atoms with Gasteiger partial charge in [0, 0.05) is 12.1 Å². The van der Waals surface area contributed by atoms with Gasteiger partial charge in [0.1, 0.15) is 6.07 Å². The van der Waals surface area contributed by atoms with Crippen molar-refractivity contribution in [3.05, 3.63) is 33.9 Å². The third-order valence-corrected chi connectivity index (χ3v) is 2.68. The molecule has 18 heavy (non-hydrogen) atoms. The fraction of sp³-hybridized carbons (Fsp3) is 0.417. The van der Waals surface area contributed by atoms with Crippen molar-refractivity contribution >= 4 is 11.4 Å². The van der Waals surface area contributed by atoms with Crippen LogP contribution in [0.15, 0.2) is 18.2 Å². The van der Waals surface area contributed by atoms with Gasteiger partial charge in [-0.05, 0) is 12.0 Å². The van der Waals surface area contributed by atoms with Crippen LogP contribution in [0.4, 0.5) is 11.4 Å². The summed E-state index contributed by atoms with van der Waals surface area (Å²) in [5.41, 5.74) is 0.571. The SMILES string of the molecule is CC(C)C(CO)Nc1ccc([N+](=O)[O-])cc1C#N. The summed E-state index contributed by atoms with van der Waals surface area (Å²) in [6.07, 6.45) is 0. The lowest BCUT2D eigenvalue weighted by Crippen LogP contribution is -2.29. The highest BCUT2D eigenvalue weighted by molar-refractivity contribution is 5.61. The van der Waals surface area contributed by atoms with Crippen molar-refractivity contribution in [2.45, 2.75) is 19.9 Å². The van der Waals surface area contributed by atoms with Crippen LogP contribution in [0.2, 0.25) is 0 Å². The first-order chi connectivity index (χ1) is 8.49. The van der Waals surface area contributed by atoms with E-state index < -0.39 is 4.92 Å². The first-order valence-corrected chi connectivity index (χ1v) is 5.55. The number of non-ortho nitro benzene ring substituents is 1. The van der Waals surface area contributed by atoms with E-state index in [-0.39, 0.29) is 29.8 Å². The Bertz CT molecular complexity index is 480. The molecule has 96 valence electrons. The minimum Gasteiger partial charge on any atom is -0.394 e. The van der Waals surface area contributed by atoms with Crippen molar-refractivity contribution in [1.82, 2.24) is 0 Å². The number of hydrogen-bond acceptors (Lipinski definition) is 5. The molecule has 0 spiro atoms. The smallest absolute Gasteiger partial charge is 0.270 e. The number of nitro groups is 1. The Hall–Kier alpha value is -2.13. The van der Waals surface area contributed by atoms with Crippen molar-refractivity contribution < 1.29 is 10.0 Å². The largest absolute Gasteiger partial charge is 0.394 e. The van der Waals surface area contributed by atoms with E-state index in [0.717, 1.165) is 0 Å². The van der Waals surface area contributed by atoms with Crippen LogP contribution in [0.5, 0.6) is 0 Å². The second kappa shape index (κ2) is 5.98. The van der Waals surface area contributed by atoms with E-state index in [0.29, 0.717) is 5.69 Å². The summed E-state index contributed by atoms with van der Waals surface area (Å²) >= 11 is 0. The molecule has 1 aromatic rings. The van der Waals surface area contributed by atoms with Crippen LogP contribution in [0.1, 0.15) is 19.4 Å².